The van der Waals surface area contributed by atoms with Gasteiger partial charge in [-0.15, -0.1) is 0 Å². The molecule has 3 atom stereocenters. The van der Waals surface area contributed by atoms with E-state index in [1.807, 2.05) is 18.2 Å². The molecule has 0 spiro atoms. The van der Waals surface area contributed by atoms with Crippen LogP contribution >= 0.6 is 0 Å². The van der Waals surface area contributed by atoms with E-state index >= 15 is 0 Å². The van der Waals surface area contributed by atoms with E-state index in [1.54, 1.807) is 0 Å². The maximum atomic E-state index is 10.4. The van der Waals surface area contributed by atoms with E-state index in [1.165, 1.54) is 5.56 Å². The van der Waals surface area contributed by atoms with Crippen molar-refractivity contribution in [2.45, 2.75) is 58.7 Å². The summed E-state index contributed by atoms with van der Waals surface area (Å²) in [6.45, 7) is 9.58. The first-order valence-corrected chi connectivity index (χ1v) is 7.27. The fourth-order valence-corrected chi connectivity index (χ4v) is 2.71. The lowest BCUT2D eigenvalue weighted by Crippen LogP contribution is -2.30. The zero-order chi connectivity index (χ0) is 14.0. The minimum absolute atomic E-state index is 0.0627. The predicted molar refractivity (Wildman–Crippen MR) is 78.2 cm³/mol. The van der Waals surface area contributed by atoms with Crippen LogP contribution in [0.25, 0.3) is 0 Å². The number of rotatable bonds is 3. The molecule has 1 aliphatic rings. The molecule has 0 saturated heterocycles. The van der Waals surface area contributed by atoms with E-state index in [9.17, 15) is 5.11 Å². The van der Waals surface area contributed by atoms with Crippen LogP contribution in [0.4, 0.5) is 0 Å². The minimum atomic E-state index is -0.479. The molecule has 106 valence electrons. The molecule has 2 nitrogen and oxygen atoms in total. The minimum Gasteiger partial charge on any atom is -0.386 e. The molecule has 0 radical (unpaired) electrons. The Morgan fingerprint density at radius 1 is 1.21 bits per heavy atom. The van der Waals surface area contributed by atoms with Crippen LogP contribution in [0.1, 0.15) is 63.7 Å². The largest absolute Gasteiger partial charge is 0.386 e. The number of aliphatic hydroxyl groups is 1. The highest BCUT2D eigenvalue weighted by molar-refractivity contribution is 5.35. The number of hydrogen-bond acceptors (Lipinski definition) is 2. The normalized spacial score (nSPS) is 27.1. The third-order valence-electron chi connectivity index (χ3n) is 3.97. The van der Waals surface area contributed by atoms with Gasteiger partial charge >= 0.3 is 0 Å². The first-order chi connectivity index (χ1) is 8.88. The first kappa shape index (κ1) is 14.5. The van der Waals surface area contributed by atoms with Crippen LogP contribution in [-0.4, -0.2) is 17.8 Å². The Balaban J connectivity index is 2.02. The number of hydrogen-bond donors (Lipinski definition) is 1. The van der Waals surface area contributed by atoms with E-state index in [-0.39, 0.29) is 11.5 Å². The third-order valence-corrected chi connectivity index (χ3v) is 3.97. The molecule has 0 saturated carbocycles. The van der Waals surface area contributed by atoms with Crippen LogP contribution in [0.3, 0.4) is 0 Å². The molecule has 1 aromatic rings. The Morgan fingerprint density at radius 2 is 1.84 bits per heavy atom. The van der Waals surface area contributed by atoms with Gasteiger partial charge in [0, 0.05) is 6.61 Å². The zero-order valence-corrected chi connectivity index (χ0v) is 12.5. The van der Waals surface area contributed by atoms with E-state index in [0.717, 1.165) is 25.0 Å². The lowest BCUT2D eigenvalue weighted by Gasteiger charge is -2.34. The van der Waals surface area contributed by atoms with E-state index < -0.39 is 6.10 Å². The molecule has 0 bridgehead atoms. The molecular weight excluding hydrogens is 236 g/mol. The Hall–Kier alpha value is -0.860. The van der Waals surface area contributed by atoms with E-state index in [0.29, 0.717) is 5.92 Å². The molecule has 0 fully saturated rings. The van der Waals surface area contributed by atoms with Crippen LogP contribution in [-0.2, 0) is 4.74 Å². The molecule has 2 rings (SSSR count). The maximum Gasteiger partial charge on any atom is 0.105 e. The van der Waals surface area contributed by atoms with Crippen molar-refractivity contribution >= 4 is 0 Å². The van der Waals surface area contributed by atoms with E-state index in [2.05, 4.69) is 33.8 Å². The highest BCUT2D eigenvalue weighted by Crippen LogP contribution is 2.38. The lowest BCUT2D eigenvalue weighted by molar-refractivity contribution is -0.0581. The van der Waals surface area contributed by atoms with Crippen molar-refractivity contribution in [2.75, 3.05) is 6.61 Å². The molecule has 1 N–H and O–H groups in total. The summed E-state index contributed by atoms with van der Waals surface area (Å²) in [5, 5.41) is 10.4. The van der Waals surface area contributed by atoms with Crippen molar-refractivity contribution in [1.82, 2.24) is 0 Å². The van der Waals surface area contributed by atoms with Crippen molar-refractivity contribution in [2.24, 2.45) is 5.41 Å². The van der Waals surface area contributed by atoms with Crippen molar-refractivity contribution in [1.29, 1.82) is 0 Å². The van der Waals surface area contributed by atoms with Crippen LogP contribution in [0.2, 0.25) is 0 Å². The molecule has 0 aromatic heterocycles. The van der Waals surface area contributed by atoms with Gasteiger partial charge in [0.15, 0.2) is 0 Å². The average Bonchev–Trinajstić information content (AvgIpc) is 2.34. The summed E-state index contributed by atoms with van der Waals surface area (Å²) in [4.78, 5) is 0. The second-order valence-corrected chi connectivity index (χ2v) is 6.93. The van der Waals surface area contributed by atoms with Crippen molar-refractivity contribution in [3.05, 3.63) is 35.4 Å². The summed E-state index contributed by atoms with van der Waals surface area (Å²) in [5.74, 6) is 0.458. The molecule has 0 heterocycles. The molecular formula is C17H26O2. The Morgan fingerprint density at radius 3 is 2.47 bits per heavy atom. The summed E-state index contributed by atoms with van der Waals surface area (Å²) >= 11 is 0. The predicted octanol–water partition coefficient (Wildman–Crippen LogP) is 4.05. The topological polar surface area (TPSA) is 29.5 Å². The quantitative estimate of drug-likeness (QED) is 0.890. The molecule has 1 aromatic carbocycles. The van der Waals surface area contributed by atoms with Gasteiger partial charge in [-0.3, -0.25) is 0 Å². The molecule has 0 aliphatic heterocycles. The van der Waals surface area contributed by atoms with Gasteiger partial charge in [0.25, 0.3) is 0 Å². The van der Waals surface area contributed by atoms with Gasteiger partial charge in [-0.25, -0.2) is 0 Å². The summed E-state index contributed by atoms with van der Waals surface area (Å²) in [5.41, 5.74) is 2.59. The molecule has 2 heteroatoms. The molecule has 19 heavy (non-hydrogen) atoms. The fourth-order valence-electron chi connectivity index (χ4n) is 2.71. The monoisotopic (exact) mass is 262 g/mol. The van der Waals surface area contributed by atoms with Gasteiger partial charge in [0.1, 0.15) is 6.10 Å². The average molecular weight is 262 g/mol. The second kappa shape index (κ2) is 5.64. The number of aliphatic hydroxyl groups excluding tert-OH is 1. The SMILES string of the molecule is CC1CC(OCCC(C)(C)C)C(O)c2ccccc21. The van der Waals surface area contributed by atoms with Crippen LogP contribution in [0.5, 0.6) is 0 Å². The van der Waals surface area contributed by atoms with Crippen molar-refractivity contribution in [3.8, 4) is 0 Å². The van der Waals surface area contributed by atoms with Gasteiger partial charge in [0.2, 0.25) is 0 Å². The van der Waals surface area contributed by atoms with Gasteiger partial charge in [-0.2, -0.15) is 0 Å². The molecule has 0 amide bonds. The van der Waals surface area contributed by atoms with Crippen molar-refractivity contribution in [3.63, 3.8) is 0 Å². The fraction of sp³-hybridized carbons (Fsp3) is 0.647. The second-order valence-electron chi connectivity index (χ2n) is 6.93. The van der Waals surface area contributed by atoms with Crippen LogP contribution < -0.4 is 0 Å². The number of ether oxygens (including phenoxy) is 1. The smallest absolute Gasteiger partial charge is 0.105 e. The van der Waals surface area contributed by atoms with Gasteiger partial charge in [-0.05, 0) is 35.3 Å². The number of fused-ring (bicyclic) bond motifs is 1. The van der Waals surface area contributed by atoms with Gasteiger partial charge in [0.05, 0.1) is 6.10 Å². The zero-order valence-electron chi connectivity index (χ0n) is 12.5. The van der Waals surface area contributed by atoms with Gasteiger partial charge in [-0.1, -0.05) is 52.0 Å². The Kier molecular flexibility index (Phi) is 4.32. The first-order valence-electron chi connectivity index (χ1n) is 7.27. The molecule has 1 aliphatic carbocycles. The summed E-state index contributed by atoms with van der Waals surface area (Å²) < 4.78 is 5.95. The highest BCUT2D eigenvalue weighted by Gasteiger charge is 2.32. The third kappa shape index (κ3) is 3.58. The lowest BCUT2D eigenvalue weighted by atomic mass is 9.80. The maximum absolute atomic E-state index is 10.4. The number of benzene rings is 1. The molecule has 3 unspecified atom stereocenters. The van der Waals surface area contributed by atoms with Crippen molar-refractivity contribution < 1.29 is 9.84 Å². The Labute approximate surface area is 116 Å². The van der Waals surface area contributed by atoms with E-state index in [4.69, 9.17) is 4.74 Å². The van der Waals surface area contributed by atoms with Gasteiger partial charge < -0.3 is 9.84 Å². The standard InChI is InChI=1S/C17H26O2/c1-12-11-15(19-10-9-17(2,3)4)16(18)14-8-6-5-7-13(12)14/h5-8,12,15-16,18H,9-11H2,1-4H3. The van der Waals surface area contributed by atoms with Crippen LogP contribution in [0, 0.1) is 5.41 Å². The Bertz CT molecular complexity index is 420. The van der Waals surface area contributed by atoms with Crippen LogP contribution in [0.15, 0.2) is 24.3 Å². The highest BCUT2D eigenvalue weighted by atomic mass is 16.5. The summed E-state index contributed by atoms with van der Waals surface area (Å²) in [7, 11) is 0. The summed E-state index contributed by atoms with van der Waals surface area (Å²) in [6.07, 6.45) is 1.38. The summed E-state index contributed by atoms with van der Waals surface area (Å²) in [6, 6.07) is 8.18.